The summed E-state index contributed by atoms with van der Waals surface area (Å²) in [4.78, 5) is 24.2. The summed E-state index contributed by atoms with van der Waals surface area (Å²) in [5.41, 5.74) is 6.56. The smallest absolute Gasteiger partial charge is 0.370 e. The molecule has 0 saturated carbocycles. The predicted molar refractivity (Wildman–Crippen MR) is 138 cm³/mol. The molecule has 0 aliphatic rings. The van der Waals surface area contributed by atoms with Gasteiger partial charge in [-0.15, -0.1) is 0 Å². The molecule has 0 aliphatic heterocycles. The van der Waals surface area contributed by atoms with Gasteiger partial charge < -0.3 is 11.5 Å². The van der Waals surface area contributed by atoms with Gasteiger partial charge >= 0.3 is 12.4 Å². The summed E-state index contributed by atoms with van der Waals surface area (Å²) in [7, 11) is -8.17. The van der Waals surface area contributed by atoms with E-state index in [9.17, 15) is 52.8 Å². The zero-order valence-electron chi connectivity index (χ0n) is 21.7. The molecule has 0 aliphatic carbocycles. The number of aliphatic imine (C=N–C) groups is 1. The molecule has 2 rings (SSSR count). The molecule has 0 spiro atoms. The van der Waals surface area contributed by atoms with Gasteiger partial charge in [-0.2, -0.15) is 31.3 Å². The number of guanidine groups is 1. The van der Waals surface area contributed by atoms with E-state index in [4.69, 9.17) is 23.1 Å². The van der Waals surface area contributed by atoms with E-state index in [1.807, 2.05) is 0 Å². The maximum absolute atomic E-state index is 13.1. The van der Waals surface area contributed by atoms with Crippen LogP contribution in [0.15, 0.2) is 39.0 Å². The maximum atomic E-state index is 13.1. The Balaban J connectivity index is 0.000000414. The molecule has 9 nitrogen and oxygen atoms in total. The number of nitrogens with zero attached hydrogens (tertiary/aromatic N) is 1. The predicted octanol–water partition coefficient (Wildman–Crippen LogP) is 4.41. The molecule has 0 atom stereocenters. The summed E-state index contributed by atoms with van der Waals surface area (Å²) >= 11 is 5.18. The third-order valence-electron chi connectivity index (χ3n) is 5.37. The Morgan fingerprint density at radius 2 is 1.10 bits per heavy atom. The summed E-state index contributed by atoms with van der Waals surface area (Å²) in [6.45, 7) is 5.09. The second-order valence-electron chi connectivity index (χ2n) is 8.24. The van der Waals surface area contributed by atoms with Crippen LogP contribution in [0.1, 0.15) is 56.8 Å². The fraction of sp³-hybridized carbons (Fsp3) is 0.348. The minimum atomic E-state index is -4.95. The number of alkyl halides is 6. The average molecular weight is 652 g/mol. The second-order valence-corrected chi connectivity index (χ2v) is 13.1. The molecule has 0 unspecified atom stereocenters. The monoisotopic (exact) mass is 651 g/mol. The lowest BCUT2D eigenvalue weighted by atomic mass is 10.0. The Bertz CT molecular complexity index is 1600. The first-order chi connectivity index (χ1) is 18.4. The number of carbonyl (C=O) groups excluding carboxylic acids is 2. The van der Waals surface area contributed by atoms with Gasteiger partial charge in [-0.1, -0.05) is 13.8 Å². The normalized spacial score (nSPS) is 12.3. The third-order valence-corrected chi connectivity index (χ3v) is 9.11. The molecule has 0 radical (unpaired) electrons. The number of halogens is 7. The van der Waals surface area contributed by atoms with Gasteiger partial charge in [0.25, 0.3) is 11.1 Å². The van der Waals surface area contributed by atoms with Crippen molar-refractivity contribution in [1.29, 1.82) is 0 Å². The number of carbonyl (C=O) groups is 2. The molecule has 18 heteroatoms. The molecule has 41 heavy (non-hydrogen) atoms. The van der Waals surface area contributed by atoms with E-state index in [-0.39, 0.29) is 16.7 Å². The fourth-order valence-electron chi connectivity index (χ4n) is 3.25. The van der Waals surface area contributed by atoms with Gasteiger partial charge in [0.15, 0.2) is 25.6 Å². The maximum Gasteiger partial charge on any atom is 0.417 e. The van der Waals surface area contributed by atoms with Crippen molar-refractivity contribution in [1.82, 2.24) is 0 Å². The zero-order valence-corrected chi connectivity index (χ0v) is 24.1. The third kappa shape index (κ3) is 8.90. The van der Waals surface area contributed by atoms with E-state index in [1.54, 1.807) is 0 Å². The molecule has 228 valence electrons. The fourth-order valence-corrected chi connectivity index (χ4v) is 5.81. The van der Waals surface area contributed by atoms with Gasteiger partial charge in [0.05, 0.1) is 32.4 Å². The van der Waals surface area contributed by atoms with Crippen LogP contribution < -0.4 is 11.5 Å². The summed E-state index contributed by atoms with van der Waals surface area (Å²) < 4.78 is 125. The molecule has 4 N–H and O–H groups in total. The Kier molecular flexibility index (Phi) is 11.2. The van der Waals surface area contributed by atoms with Gasteiger partial charge in [-0.25, -0.2) is 16.8 Å². The summed E-state index contributed by atoms with van der Waals surface area (Å²) in [6, 6.07) is 2.56. The summed E-state index contributed by atoms with van der Waals surface area (Å²) in [6.07, 6.45) is -9.83. The van der Waals surface area contributed by atoms with Crippen LogP contribution in [-0.2, 0) is 32.0 Å². The van der Waals surface area contributed by atoms with E-state index < -0.39 is 87.1 Å². The number of rotatable bonds is 6. The van der Waals surface area contributed by atoms with Crippen LogP contribution in [0.2, 0.25) is 0 Å². The van der Waals surface area contributed by atoms with Gasteiger partial charge in [0.1, 0.15) is 0 Å². The molecule has 0 bridgehead atoms. The van der Waals surface area contributed by atoms with Crippen LogP contribution >= 0.6 is 11.6 Å². The Morgan fingerprint density at radius 1 is 0.756 bits per heavy atom. The van der Waals surface area contributed by atoms with Crippen LogP contribution in [0.4, 0.5) is 26.3 Å². The highest BCUT2D eigenvalue weighted by molar-refractivity contribution is 7.91. The lowest BCUT2D eigenvalue weighted by Gasteiger charge is -2.15. The van der Waals surface area contributed by atoms with Crippen molar-refractivity contribution in [2.45, 2.75) is 49.8 Å². The topological polar surface area (TPSA) is 167 Å². The van der Waals surface area contributed by atoms with Crippen LogP contribution in [0, 0.1) is 13.8 Å². The zero-order chi connectivity index (χ0) is 32.3. The van der Waals surface area contributed by atoms with Crippen molar-refractivity contribution in [3.63, 3.8) is 0 Å². The van der Waals surface area contributed by atoms with Crippen molar-refractivity contribution in [2.24, 2.45) is 16.5 Å². The van der Waals surface area contributed by atoms with Crippen LogP contribution in [0.5, 0.6) is 0 Å². The van der Waals surface area contributed by atoms with Gasteiger partial charge in [-0.3, -0.25) is 9.59 Å². The van der Waals surface area contributed by atoms with Crippen LogP contribution in [0.25, 0.3) is 0 Å². The number of nitrogens with two attached hydrogens (primary N) is 2. The van der Waals surface area contributed by atoms with Crippen LogP contribution in [-0.4, -0.2) is 45.5 Å². The Morgan fingerprint density at radius 3 is 1.39 bits per heavy atom. The highest BCUT2D eigenvalue weighted by atomic mass is 35.5. The first-order valence-corrected chi connectivity index (χ1v) is 14.8. The van der Waals surface area contributed by atoms with E-state index >= 15 is 0 Å². The van der Waals surface area contributed by atoms with Crippen molar-refractivity contribution in [2.75, 3.05) is 11.5 Å². The van der Waals surface area contributed by atoms with Gasteiger partial charge in [0.2, 0.25) is 0 Å². The minimum absolute atomic E-state index is 0.0232. The molecule has 2 aromatic carbocycles. The Labute approximate surface area is 236 Å². The first kappa shape index (κ1) is 35.8. The summed E-state index contributed by atoms with van der Waals surface area (Å²) in [5, 5.41) is -1.07. The minimum Gasteiger partial charge on any atom is -0.370 e. The largest absolute Gasteiger partial charge is 0.417 e. The molecule has 0 fully saturated rings. The first-order valence-electron chi connectivity index (χ1n) is 11.1. The van der Waals surface area contributed by atoms with Crippen molar-refractivity contribution >= 4 is 48.4 Å². The number of amides is 1. The van der Waals surface area contributed by atoms with E-state index in [1.165, 1.54) is 27.7 Å². The molecule has 2 aromatic rings. The second kappa shape index (κ2) is 12.8. The lowest BCUT2D eigenvalue weighted by molar-refractivity contribution is -0.140. The van der Waals surface area contributed by atoms with E-state index in [0.717, 1.165) is 12.1 Å². The van der Waals surface area contributed by atoms with Crippen molar-refractivity contribution in [3.05, 3.63) is 57.6 Å². The van der Waals surface area contributed by atoms with E-state index in [0.29, 0.717) is 12.1 Å². The summed E-state index contributed by atoms with van der Waals surface area (Å²) in [5.74, 6) is -2.66. The Hall–Kier alpha value is -3.18. The molecule has 0 heterocycles. The SMILES string of the molecule is CCS(=O)(=O)c1cc(C)c(C(=O)Cl)cc1C(F)(F)F.CCS(=O)(=O)c1cc(C)c(C(=O)N=C(N)N)cc1C(F)(F)F. The number of hydrogen-bond acceptors (Lipinski definition) is 6. The van der Waals surface area contributed by atoms with Crippen LogP contribution in [0.3, 0.4) is 0 Å². The average Bonchev–Trinajstić information content (AvgIpc) is 2.81. The molecular weight excluding hydrogens is 628 g/mol. The molecule has 1 amide bonds. The van der Waals surface area contributed by atoms with E-state index in [2.05, 4.69) is 4.99 Å². The number of hydrogen-bond donors (Lipinski definition) is 2. The highest BCUT2D eigenvalue weighted by Gasteiger charge is 2.39. The lowest BCUT2D eigenvalue weighted by Crippen LogP contribution is -2.24. The van der Waals surface area contributed by atoms with Crippen molar-refractivity contribution < 1.29 is 52.8 Å². The quantitative estimate of drug-likeness (QED) is 0.201. The molecule has 0 saturated heterocycles. The van der Waals surface area contributed by atoms with Gasteiger partial charge in [-0.05, 0) is 60.8 Å². The number of aryl methyl sites for hydroxylation is 2. The van der Waals surface area contributed by atoms with Crippen molar-refractivity contribution in [3.8, 4) is 0 Å². The number of benzene rings is 2. The highest BCUT2D eigenvalue weighted by Crippen LogP contribution is 2.38. The molecule has 0 aromatic heterocycles. The van der Waals surface area contributed by atoms with Gasteiger partial charge in [0, 0.05) is 11.1 Å². The molecular formula is C23H24ClF6N3O6S2. The standard InChI is InChI=1S/C12H14F3N3O3S.C11H10ClF3O3S/c1-3-22(20,21)9-4-6(2)7(10(19)18-11(16)17)5-8(9)12(13,14)15;1-3-19(17,18)9-4-6(2)7(10(12)16)5-8(9)11(13,14)15/h4-5H,3H2,1-2H3,(H4,16,17,18,19);4-5H,3H2,1-2H3. The number of sulfone groups is 2.